The summed E-state index contributed by atoms with van der Waals surface area (Å²) in [6, 6.07) is 0. The van der Waals surface area contributed by atoms with E-state index in [1.165, 1.54) is 0 Å². The van der Waals surface area contributed by atoms with Crippen LogP contribution in [0.4, 0.5) is 0 Å². The lowest BCUT2D eigenvalue weighted by Gasteiger charge is -2.39. The number of carbonyl (C=O) groups is 2. The minimum absolute atomic E-state index is 0.0408. The Morgan fingerprint density at radius 3 is 2.38 bits per heavy atom. The van der Waals surface area contributed by atoms with E-state index in [0.29, 0.717) is 19.5 Å². The number of ether oxygens (including phenoxy) is 1. The second-order valence-electron chi connectivity index (χ2n) is 5.16. The molecule has 5 nitrogen and oxygen atoms in total. The highest BCUT2D eigenvalue weighted by Gasteiger charge is 2.32. The molecule has 1 aliphatic rings. The molecule has 0 saturated carbocycles. The molecule has 0 unspecified atom stereocenters. The number of carbonyl (C=O) groups excluding carboxylic acids is 2. The molecular weight excluding hydrogens is 208 g/mol. The van der Waals surface area contributed by atoms with Crippen LogP contribution in [0.5, 0.6) is 0 Å². The largest absolute Gasteiger partial charge is 0.460 e. The molecule has 1 aliphatic heterocycles. The van der Waals surface area contributed by atoms with Crippen LogP contribution in [0.2, 0.25) is 0 Å². The van der Waals surface area contributed by atoms with E-state index in [4.69, 9.17) is 10.5 Å². The molecule has 1 heterocycles. The van der Waals surface area contributed by atoms with Gasteiger partial charge in [0.05, 0.1) is 13.0 Å². The lowest BCUT2D eigenvalue weighted by atomic mass is 9.96. The van der Waals surface area contributed by atoms with Gasteiger partial charge in [0, 0.05) is 19.0 Å². The standard InChI is InChI=1S/C11H20N2O3/c1-11(2,3)16-10(15)4-8-6-13(7-8)9(14)5-12/h8H,4-7,12H2,1-3H3. The average Bonchev–Trinajstić information content (AvgIpc) is 2.06. The topological polar surface area (TPSA) is 72.6 Å². The fraction of sp³-hybridized carbons (Fsp3) is 0.818. The molecule has 1 rings (SSSR count). The summed E-state index contributed by atoms with van der Waals surface area (Å²) >= 11 is 0. The second kappa shape index (κ2) is 4.82. The summed E-state index contributed by atoms with van der Waals surface area (Å²) in [7, 11) is 0. The highest BCUT2D eigenvalue weighted by molar-refractivity contribution is 5.79. The summed E-state index contributed by atoms with van der Waals surface area (Å²) in [6.45, 7) is 6.81. The third-order valence-corrected chi connectivity index (χ3v) is 2.36. The van der Waals surface area contributed by atoms with Crippen molar-refractivity contribution in [1.82, 2.24) is 4.90 Å². The van der Waals surface area contributed by atoms with Gasteiger partial charge in [-0.2, -0.15) is 0 Å². The lowest BCUT2D eigenvalue weighted by Crippen LogP contribution is -2.52. The van der Waals surface area contributed by atoms with Crippen molar-refractivity contribution in [1.29, 1.82) is 0 Å². The highest BCUT2D eigenvalue weighted by Crippen LogP contribution is 2.20. The summed E-state index contributed by atoms with van der Waals surface area (Å²) in [6.07, 6.45) is 0.381. The van der Waals surface area contributed by atoms with Gasteiger partial charge in [0.2, 0.25) is 5.91 Å². The molecule has 1 fully saturated rings. The van der Waals surface area contributed by atoms with Crippen molar-refractivity contribution in [3.05, 3.63) is 0 Å². The van der Waals surface area contributed by atoms with Crippen molar-refractivity contribution in [3.8, 4) is 0 Å². The molecule has 16 heavy (non-hydrogen) atoms. The minimum Gasteiger partial charge on any atom is -0.460 e. The van der Waals surface area contributed by atoms with Crippen LogP contribution in [0.25, 0.3) is 0 Å². The van der Waals surface area contributed by atoms with Gasteiger partial charge in [0.15, 0.2) is 0 Å². The first kappa shape index (κ1) is 13.0. The molecule has 2 N–H and O–H groups in total. The Hall–Kier alpha value is -1.10. The number of nitrogens with two attached hydrogens (primary N) is 1. The van der Waals surface area contributed by atoms with Crippen molar-refractivity contribution < 1.29 is 14.3 Å². The summed E-state index contributed by atoms with van der Waals surface area (Å²) in [5, 5.41) is 0. The van der Waals surface area contributed by atoms with Gasteiger partial charge in [-0.05, 0) is 20.8 Å². The number of likely N-dealkylation sites (tertiary alicyclic amines) is 1. The van der Waals surface area contributed by atoms with Crippen molar-refractivity contribution in [2.75, 3.05) is 19.6 Å². The molecule has 92 valence electrons. The molecule has 0 radical (unpaired) electrons. The van der Waals surface area contributed by atoms with E-state index in [1.807, 2.05) is 20.8 Å². The Labute approximate surface area is 95.9 Å². The van der Waals surface area contributed by atoms with Crippen LogP contribution < -0.4 is 5.73 Å². The van der Waals surface area contributed by atoms with E-state index in [1.54, 1.807) is 4.90 Å². The molecule has 0 aromatic carbocycles. The van der Waals surface area contributed by atoms with E-state index in [0.717, 1.165) is 0 Å². The van der Waals surface area contributed by atoms with Gasteiger partial charge in [0.25, 0.3) is 0 Å². The molecule has 0 spiro atoms. The Balaban J connectivity index is 2.22. The molecule has 0 aliphatic carbocycles. The Kier molecular flexibility index (Phi) is 3.91. The van der Waals surface area contributed by atoms with E-state index < -0.39 is 5.60 Å². The zero-order valence-electron chi connectivity index (χ0n) is 10.2. The van der Waals surface area contributed by atoms with Crippen molar-refractivity contribution in [3.63, 3.8) is 0 Å². The molecule has 1 amide bonds. The SMILES string of the molecule is CC(C)(C)OC(=O)CC1CN(C(=O)CN)C1. The fourth-order valence-electron chi connectivity index (χ4n) is 1.65. The monoisotopic (exact) mass is 228 g/mol. The van der Waals surface area contributed by atoms with Crippen LogP contribution in [-0.2, 0) is 14.3 Å². The summed E-state index contributed by atoms with van der Waals surface area (Å²) in [5.74, 6) is -0.0249. The van der Waals surface area contributed by atoms with Crippen molar-refractivity contribution >= 4 is 11.9 Å². The number of rotatable bonds is 3. The second-order valence-corrected chi connectivity index (χ2v) is 5.16. The molecule has 1 saturated heterocycles. The smallest absolute Gasteiger partial charge is 0.306 e. The fourth-order valence-corrected chi connectivity index (χ4v) is 1.65. The van der Waals surface area contributed by atoms with Gasteiger partial charge in [-0.15, -0.1) is 0 Å². The van der Waals surface area contributed by atoms with Crippen molar-refractivity contribution in [2.24, 2.45) is 11.7 Å². The van der Waals surface area contributed by atoms with Gasteiger partial charge in [-0.3, -0.25) is 9.59 Å². The van der Waals surface area contributed by atoms with Gasteiger partial charge >= 0.3 is 5.97 Å². The Morgan fingerprint density at radius 2 is 1.94 bits per heavy atom. The van der Waals surface area contributed by atoms with Gasteiger partial charge in [0.1, 0.15) is 5.60 Å². The van der Waals surface area contributed by atoms with Crippen molar-refractivity contribution in [2.45, 2.75) is 32.8 Å². The molecule has 0 bridgehead atoms. The lowest BCUT2D eigenvalue weighted by molar-refractivity contribution is -0.159. The summed E-state index contributed by atoms with van der Waals surface area (Å²) in [4.78, 5) is 24.3. The highest BCUT2D eigenvalue weighted by atomic mass is 16.6. The molecule has 0 atom stereocenters. The zero-order valence-corrected chi connectivity index (χ0v) is 10.2. The number of hydrogen-bond acceptors (Lipinski definition) is 4. The molecule has 0 aromatic heterocycles. The Morgan fingerprint density at radius 1 is 1.38 bits per heavy atom. The first-order chi connectivity index (χ1) is 7.31. The van der Waals surface area contributed by atoms with Gasteiger partial charge in [-0.1, -0.05) is 0 Å². The maximum atomic E-state index is 11.5. The predicted octanol–water partition coefficient (Wildman–Crippen LogP) is 0.135. The van der Waals surface area contributed by atoms with Gasteiger partial charge < -0.3 is 15.4 Å². The number of amides is 1. The van der Waals surface area contributed by atoms with Crippen LogP contribution in [0.3, 0.4) is 0 Å². The quantitative estimate of drug-likeness (QED) is 0.697. The van der Waals surface area contributed by atoms with Crippen LogP contribution in [0.15, 0.2) is 0 Å². The minimum atomic E-state index is -0.437. The number of esters is 1. The first-order valence-electron chi connectivity index (χ1n) is 5.51. The van der Waals surface area contributed by atoms with Crippen LogP contribution in [-0.4, -0.2) is 42.0 Å². The van der Waals surface area contributed by atoms with E-state index >= 15 is 0 Å². The van der Waals surface area contributed by atoms with Crippen LogP contribution in [0.1, 0.15) is 27.2 Å². The summed E-state index contributed by atoms with van der Waals surface area (Å²) < 4.78 is 5.20. The zero-order chi connectivity index (χ0) is 12.3. The van der Waals surface area contributed by atoms with E-state index in [2.05, 4.69) is 0 Å². The average molecular weight is 228 g/mol. The molecular formula is C11H20N2O3. The van der Waals surface area contributed by atoms with Crippen LogP contribution >= 0.6 is 0 Å². The number of hydrogen-bond donors (Lipinski definition) is 1. The van der Waals surface area contributed by atoms with Gasteiger partial charge in [-0.25, -0.2) is 0 Å². The van der Waals surface area contributed by atoms with Crippen LogP contribution in [0, 0.1) is 5.92 Å². The predicted molar refractivity (Wildman–Crippen MR) is 59.6 cm³/mol. The number of nitrogens with zero attached hydrogens (tertiary/aromatic N) is 1. The van der Waals surface area contributed by atoms with E-state index in [-0.39, 0.29) is 24.3 Å². The maximum absolute atomic E-state index is 11.5. The Bertz CT molecular complexity index is 277. The molecule has 0 aromatic rings. The summed E-state index contributed by atoms with van der Waals surface area (Å²) in [5.41, 5.74) is 4.79. The maximum Gasteiger partial charge on any atom is 0.306 e. The molecule has 5 heteroatoms. The normalized spacial score (nSPS) is 16.9. The van der Waals surface area contributed by atoms with E-state index in [9.17, 15) is 9.59 Å². The third kappa shape index (κ3) is 3.81. The third-order valence-electron chi connectivity index (χ3n) is 2.36. The first-order valence-corrected chi connectivity index (χ1v) is 5.51.